The van der Waals surface area contributed by atoms with Gasteiger partial charge < -0.3 is 5.32 Å². The minimum absolute atomic E-state index is 0.109. The predicted molar refractivity (Wildman–Crippen MR) is 93.7 cm³/mol. The normalized spacial score (nSPS) is 24.6. The molecule has 0 saturated heterocycles. The lowest BCUT2D eigenvalue weighted by Crippen LogP contribution is -2.31. The Bertz CT molecular complexity index is 851. The number of fused-ring (bicyclic) bond motifs is 3. The minimum atomic E-state index is -4.34. The minimum Gasteiger partial charge on any atom is -0.377 e. The van der Waals surface area contributed by atoms with Gasteiger partial charge in [0.2, 0.25) is 0 Å². The fourth-order valence-electron chi connectivity index (χ4n) is 4.41. The summed E-state index contributed by atoms with van der Waals surface area (Å²) >= 11 is 0. The summed E-state index contributed by atoms with van der Waals surface area (Å²) in [5.74, 6) is 0.276. The van der Waals surface area contributed by atoms with Gasteiger partial charge in [0, 0.05) is 11.6 Å². The first-order valence-corrected chi connectivity index (χ1v) is 8.56. The molecule has 2 aromatic rings. The summed E-state index contributed by atoms with van der Waals surface area (Å²) in [5.41, 5.74) is 4.28. The van der Waals surface area contributed by atoms with E-state index in [4.69, 9.17) is 0 Å². The van der Waals surface area contributed by atoms with Gasteiger partial charge in [-0.2, -0.15) is 13.2 Å². The van der Waals surface area contributed by atoms with Gasteiger partial charge in [-0.05, 0) is 48.9 Å². The van der Waals surface area contributed by atoms with E-state index in [0.29, 0.717) is 5.56 Å². The van der Waals surface area contributed by atoms with Crippen LogP contribution >= 0.6 is 0 Å². The average molecular weight is 343 g/mol. The molecule has 0 bridgehead atoms. The van der Waals surface area contributed by atoms with Gasteiger partial charge in [0.15, 0.2) is 0 Å². The lowest BCUT2D eigenvalue weighted by atomic mass is 9.75. The van der Waals surface area contributed by atoms with Crippen molar-refractivity contribution in [1.82, 2.24) is 0 Å². The van der Waals surface area contributed by atoms with Crippen molar-refractivity contribution < 1.29 is 13.2 Å². The van der Waals surface area contributed by atoms with Crippen LogP contribution in [0.4, 0.5) is 18.9 Å². The van der Waals surface area contributed by atoms with Crippen LogP contribution in [0.1, 0.15) is 46.2 Å². The largest absolute Gasteiger partial charge is 0.416 e. The van der Waals surface area contributed by atoms with Crippen LogP contribution in [0.3, 0.4) is 0 Å². The van der Waals surface area contributed by atoms with E-state index in [1.54, 1.807) is 12.1 Å². The van der Waals surface area contributed by atoms with Crippen molar-refractivity contribution in [2.24, 2.45) is 5.92 Å². The van der Waals surface area contributed by atoms with Gasteiger partial charge in [0.05, 0.1) is 11.6 Å². The number of hydrogen-bond acceptors (Lipinski definition) is 1. The monoisotopic (exact) mass is 343 g/mol. The standard InChI is InChI=1S/C21H20F3N/c1-12-10-13(2)19-17(11-12)14-7-5-8-15(14)20(25-19)16-6-3-4-9-18(16)21(22,23)24/h3-7,9-11,14-15,20,25H,8H2,1-2H3/t14-,15-,20+/m1/s1. The van der Waals surface area contributed by atoms with Gasteiger partial charge in [0.25, 0.3) is 0 Å². The highest BCUT2D eigenvalue weighted by molar-refractivity contribution is 5.65. The molecule has 0 fully saturated rings. The van der Waals surface area contributed by atoms with Gasteiger partial charge >= 0.3 is 6.18 Å². The Morgan fingerprint density at radius 2 is 1.80 bits per heavy atom. The Morgan fingerprint density at radius 3 is 2.56 bits per heavy atom. The molecule has 2 aromatic carbocycles. The van der Waals surface area contributed by atoms with Crippen molar-refractivity contribution in [3.63, 3.8) is 0 Å². The van der Waals surface area contributed by atoms with E-state index in [1.807, 2.05) is 6.92 Å². The third-order valence-corrected chi connectivity index (χ3v) is 5.41. The number of anilines is 1. The molecule has 0 aromatic heterocycles. The van der Waals surface area contributed by atoms with Crippen LogP contribution in [0.15, 0.2) is 48.6 Å². The number of nitrogens with one attached hydrogen (secondary N) is 1. The summed E-state index contributed by atoms with van der Waals surface area (Å²) in [6, 6.07) is 9.86. The van der Waals surface area contributed by atoms with E-state index >= 15 is 0 Å². The van der Waals surface area contributed by atoms with Crippen molar-refractivity contribution in [3.05, 3.63) is 76.4 Å². The molecule has 3 atom stereocenters. The number of allylic oxidation sites excluding steroid dienone is 2. The van der Waals surface area contributed by atoms with E-state index in [9.17, 15) is 13.2 Å². The lowest BCUT2D eigenvalue weighted by Gasteiger charge is -2.39. The highest BCUT2D eigenvalue weighted by atomic mass is 19.4. The van der Waals surface area contributed by atoms with Crippen LogP contribution in [0, 0.1) is 19.8 Å². The van der Waals surface area contributed by atoms with Crippen molar-refractivity contribution in [1.29, 1.82) is 0 Å². The first kappa shape index (κ1) is 16.2. The molecule has 1 nitrogen and oxygen atoms in total. The molecule has 4 heteroatoms. The van der Waals surface area contributed by atoms with Crippen molar-refractivity contribution in [2.75, 3.05) is 5.32 Å². The second kappa shape index (κ2) is 5.65. The number of rotatable bonds is 1. The molecule has 0 saturated carbocycles. The second-order valence-corrected chi connectivity index (χ2v) is 7.11. The number of hydrogen-bond donors (Lipinski definition) is 1. The van der Waals surface area contributed by atoms with Gasteiger partial charge in [-0.15, -0.1) is 0 Å². The quantitative estimate of drug-likeness (QED) is 0.613. The number of aryl methyl sites for hydroxylation is 2. The van der Waals surface area contributed by atoms with Crippen molar-refractivity contribution in [2.45, 2.75) is 38.4 Å². The SMILES string of the molecule is Cc1cc(C)c2c(c1)[C@@H]1C=CC[C@H]1[C@@H](c1ccccc1C(F)(F)F)N2. The molecule has 2 aliphatic rings. The first-order chi connectivity index (χ1) is 11.9. The van der Waals surface area contributed by atoms with Crippen LogP contribution in [-0.4, -0.2) is 0 Å². The van der Waals surface area contributed by atoms with E-state index in [1.165, 1.54) is 23.3 Å². The van der Waals surface area contributed by atoms with Gasteiger partial charge in [-0.1, -0.05) is 48.0 Å². The Balaban J connectivity index is 1.86. The van der Waals surface area contributed by atoms with Crippen LogP contribution in [0.5, 0.6) is 0 Å². The maximum atomic E-state index is 13.5. The predicted octanol–water partition coefficient (Wildman–Crippen LogP) is 6.15. The van der Waals surface area contributed by atoms with Crippen molar-refractivity contribution >= 4 is 5.69 Å². The third-order valence-electron chi connectivity index (χ3n) is 5.41. The van der Waals surface area contributed by atoms with Gasteiger partial charge in [0.1, 0.15) is 0 Å². The molecule has 4 rings (SSSR count). The fourth-order valence-corrected chi connectivity index (χ4v) is 4.41. The molecule has 0 spiro atoms. The number of benzene rings is 2. The van der Waals surface area contributed by atoms with E-state index in [2.05, 4.69) is 36.5 Å². The molecule has 25 heavy (non-hydrogen) atoms. The molecule has 0 unspecified atom stereocenters. The topological polar surface area (TPSA) is 12.0 Å². The Labute approximate surface area is 145 Å². The Morgan fingerprint density at radius 1 is 1.04 bits per heavy atom. The molecular formula is C21H20F3N. The summed E-state index contributed by atoms with van der Waals surface area (Å²) in [6.45, 7) is 4.08. The summed E-state index contributed by atoms with van der Waals surface area (Å²) in [4.78, 5) is 0. The highest BCUT2D eigenvalue weighted by Crippen LogP contribution is 2.52. The smallest absolute Gasteiger partial charge is 0.377 e. The zero-order valence-electron chi connectivity index (χ0n) is 14.2. The van der Waals surface area contributed by atoms with E-state index in [-0.39, 0.29) is 17.9 Å². The third kappa shape index (κ3) is 2.64. The van der Waals surface area contributed by atoms with Crippen LogP contribution in [0.25, 0.3) is 0 Å². The van der Waals surface area contributed by atoms with Crippen LogP contribution in [0.2, 0.25) is 0 Å². The zero-order chi connectivity index (χ0) is 17.8. The lowest BCUT2D eigenvalue weighted by molar-refractivity contribution is -0.138. The summed E-state index contributed by atoms with van der Waals surface area (Å²) in [5, 5.41) is 3.45. The second-order valence-electron chi connectivity index (χ2n) is 7.11. The molecular weight excluding hydrogens is 323 g/mol. The van der Waals surface area contributed by atoms with Gasteiger partial charge in [-0.25, -0.2) is 0 Å². The molecule has 130 valence electrons. The maximum Gasteiger partial charge on any atom is 0.416 e. The summed E-state index contributed by atoms with van der Waals surface area (Å²) in [7, 11) is 0. The van der Waals surface area contributed by atoms with Crippen LogP contribution < -0.4 is 5.32 Å². The van der Waals surface area contributed by atoms with Crippen LogP contribution in [-0.2, 0) is 6.18 Å². The summed E-state index contributed by atoms with van der Waals surface area (Å²) in [6.07, 6.45) is 0.711. The Kier molecular flexibility index (Phi) is 3.67. The van der Waals surface area contributed by atoms with Gasteiger partial charge in [-0.3, -0.25) is 0 Å². The molecule has 1 N–H and O–H groups in total. The van der Waals surface area contributed by atoms with Crippen molar-refractivity contribution in [3.8, 4) is 0 Å². The first-order valence-electron chi connectivity index (χ1n) is 8.56. The summed E-state index contributed by atoms with van der Waals surface area (Å²) < 4.78 is 40.6. The van der Waals surface area contributed by atoms with E-state index in [0.717, 1.165) is 17.7 Å². The number of alkyl halides is 3. The molecule has 0 radical (unpaired) electrons. The maximum absolute atomic E-state index is 13.5. The number of halogens is 3. The molecule has 1 aliphatic heterocycles. The fraction of sp³-hybridized carbons (Fsp3) is 0.333. The average Bonchev–Trinajstić information content (AvgIpc) is 3.03. The molecule has 0 amide bonds. The Hall–Kier alpha value is -2.23. The van der Waals surface area contributed by atoms with E-state index < -0.39 is 11.7 Å². The highest BCUT2D eigenvalue weighted by Gasteiger charge is 2.42. The molecule has 1 heterocycles. The molecule has 1 aliphatic carbocycles. The zero-order valence-corrected chi connectivity index (χ0v) is 14.2.